The zero-order valence-electron chi connectivity index (χ0n) is 20.8. The van der Waals surface area contributed by atoms with Gasteiger partial charge in [-0.15, -0.1) is 0 Å². The highest BCUT2D eigenvalue weighted by molar-refractivity contribution is 5.84. The average Bonchev–Trinajstić information content (AvgIpc) is 3.50. The van der Waals surface area contributed by atoms with Crippen molar-refractivity contribution in [3.8, 4) is 11.5 Å². The van der Waals surface area contributed by atoms with Gasteiger partial charge in [-0.05, 0) is 55.7 Å². The lowest BCUT2D eigenvalue weighted by atomic mass is 9.72. The number of esters is 1. The highest BCUT2D eigenvalue weighted by atomic mass is 16.5. The lowest BCUT2D eigenvalue weighted by Gasteiger charge is -2.34. The Kier molecular flexibility index (Phi) is 7.93. The second-order valence-electron chi connectivity index (χ2n) is 10.3. The first-order valence-corrected chi connectivity index (χ1v) is 12.0. The Morgan fingerprint density at radius 3 is 2.45 bits per heavy atom. The number of methoxy groups -OCH3 is 1. The summed E-state index contributed by atoms with van der Waals surface area (Å²) >= 11 is 0. The van der Waals surface area contributed by atoms with Gasteiger partial charge in [0.2, 0.25) is 0 Å². The number of carbonyl (C=O) groups is 2. The van der Waals surface area contributed by atoms with E-state index in [1.165, 1.54) is 19.8 Å². The van der Waals surface area contributed by atoms with Crippen molar-refractivity contribution in [2.75, 3.05) is 26.8 Å². The number of hydrogen-bond donors (Lipinski definition) is 1. The van der Waals surface area contributed by atoms with Crippen molar-refractivity contribution in [1.29, 1.82) is 0 Å². The fourth-order valence-electron chi connectivity index (χ4n) is 4.64. The molecule has 33 heavy (non-hydrogen) atoms. The van der Waals surface area contributed by atoms with E-state index in [4.69, 9.17) is 14.2 Å². The van der Waals surface area contributed by atoms with Crippen molar-refractivity contribution in [2.45, 2.75) is 72.0 Å². The molecule has 1 aromatic carbocycles. The summed E-state index contributed by atoms with van der Waals surface area (Å²) in [6.07, 6.45) is 1.40. The van der Waals surface area contributed by atoms with E-state index in [9.17, 15) is 14.7 Å². The maximum atomic E-state index is 13.4. The molecule has 4 atom stereocenters. The van der Waals surface area contributed by atoms with Crippen molar-refractivity contribution in [3.63, 3.8) is 0 Å². The van der Waals surface area contributed by atoms with Gasteiger partial charge < -0.3 is 24.2 Å². The van der Waals surface area contributed by atoms with Gasteiger partial charge in [-0.3, -0.25) is 9.59 Å². The normalized spacial score (nSPS) is 24.5. The van der Waals surface area contributed by atoms with Gasteiger partial charge in [-0.25, -0.2) is 0 Å². The van der Waals surface area contributed by atoms with Crippen molar-refractivity contribution < 1.29 is 28.9 Å². The van der Waals surface area contributed by atoms with Crippen molar-refractivity contribution in [1.82, 2.24) is 4.90 Å². The summed E-state index contributed by atoms with van der Waals surface area (Å²) in [6.45, 7) is 10.6. The summed E-state index contributed by atoms with van der Waals surface area (Å²) in [7, 11) is 1.62. The van der Waals surface area contributed by atoms with Crippen molar-refractivity contribution in [3.05, 3.63) is 23.8 Å². The van der Waals surface area contributed by atoms with Crippen molar-refractivity contribution >= 4 is 11.9 Å². The molecule has 0 spiro atoms. The molecule has 7 heteroatoms. The Morgan fingerprint density at radius 1 is 1.21 bits per heavy atom. The lowest BCUT2D eigenvalue weighted by molar-refractivity contribution is -0.159. The van der Waals surface area contributed by atoms with Crippen LogP contribution in [0.4, 0.5) is 0 Å². The molecule has 2 fully saturated rings. The van der Waals surface area contributed by atoms with E-state index in [1.54, 1.807) is 18.9 Å². The first kappa shape index (κ1) is 25.3. The van der Waals surface area contributed by atoms with Gasteiger partial charge in [-0.2, -0.15) is 0 Å². The van der Waals surface area contributed by atoms with E-state index >= 15 is 0 Å². The summed E-state index contributed by atoms with van der Waals surface area (Å²) in [5.41, 5.74) is 0.435. The molecule has 1 aromatic rings. The largest absolute Gasteiger partial charge is 0.493 e. The predicted octanol–water partition coefficient (Wildman–Crippen LogP) is 3.77. The number of amides is 1. The van der Waals surface area contributed by atoms with E-state index in [2.05, 4.69) is 0 Å². The molecule has 7 nitrogen and oxygen atoms in total. The minimum absolute atomic E-state index is 0.104. The number of carbonyl (C=O) groups excluding carboxylic acids is 2. The third kappa shape index (κ3) is 5.99. The van der Waals surface area contributed by atoms with E-state index in [-0.39, 0.29) is 17.7 Å². The van der Waals surface area contributed by atoms with Crippen LogP contribution < -0.4 is 9.47 Å². The average molecular weight is 462 g/mol. The molecule has 1 heterocycles. The molecule has 2 aliphatic rings. The molecule has 184 valence electrons. The third-order valence-electron chi connectivity index (χ3n) is 7.03. The number of benzene rings is 1. The molecule has 0 radical (unpaired) electrons. The predicted molar refractivity (Wildman–Crippen MR) is 125 cm³/mol. The van der Waals surface area contributed by atoms with Gasteiger partial charge in [0.05, 0.1) is 19.8 Å². The fourth-order valence-corrected chi connectivity index (χ4v) is 4.64. The first-order valence-electron chi connectivity index (χ1n) is 12.0. The molecule has 1 aliphatic heterocycles. The number of rotatable bonds is 10. The van der Waals surface area contributed by atoms with Crippen LogP contribution in [0.5, 0.6) is 11.5 Å². The van der Waals surface area contributed by atoms with E-state index in [0.29, 0.717) is 43.5 Å². The highest BCUT2D eigenvalue weighted by Crippen LogP contribution is 2.47. The lowest BCUT2D eigenvalue weighted by Crippen LogP contribution is -2.43. The SMILES string of the molecule is COc1ccc(C2CN(C(=O)[C@H](CC(C)C)OC(C)=O)CC2(C)C(C)O)cc1OCC1CC1. The van der Waals surface area contributed by atoms with Crippen LogP contribution in [0.25, 0.3) is 0 Å². The summed E-state index contributed by atoms with van der Waals surface area (Å²) < 4.78 is 16.9. The van der Waals surface area contributed by atoms with Gasteiger partial charge in [0.25, 0.3) is 5.91 Å². The number of hydrogen-bond acceptors (Lipinski definition) is 6. The smallest absolute Gasteiger partial charge is 0.303 e. The molecule has 0 aromatic heterocycles. The van der Waals surface area contributed by atoms with Crippen LogP contribution in [0.2, 0.25) is 0 Å². The minimum atomic E-state index is -0.812. The quantitative estimate of drug-likeness (QED) is 0.534. The molecule has 0 bridgehead atoms. The zero-order chi connectivity index (χ0) is 24.3. The second kappa shape index (κ2) is 10.3. The summed E-state index contributed by atoms with van der Waals surface area (Å²) in [4.78, 5) is 26.7. The van der Waals surface area contributed by atoms with Gasteiger partial charge in [0, 0.05) is 31.3 Å². The van der Waals surface area contributed by atoms with Crippen LogP contribution in [0, 0.1) is 17.3 Å². The third-order valence-corrected chi connectivity index (χ3v) is 7.03. The van der Waals surface area contributed by atoms with Crippen LogP contribution in [0.15, 0.2) is 18.2 Å². The molecule has 3 rings (SSSR count). The fraction of sp³-hybridized carbons (Fsp3) is 0.692. The zero-order valence-corrected chi connectivity index (χ0v) is 20.8. The topological polar surface area (TPSA) is 85.3 Å². The molecular formula is C26H39NO6. The van der Waals surface area contributed by atoms with E-state index in [1.807, 2.05) is 39.0 Å². The Labute approximate surface area is 197 Å². The van der Waals surface area contributed by atoms with Crippen LogP contribution in [0.3, 0.4) is 0 Å². The van der Waals surface area contributed by atoms with Crippen LogP contribution in [0.1, 0.15) is 65.4 Å². The number of aliphatic hydroxyl groups excluding tert-OH is 1. The number of aliphatic hydroxyl groups is 1. The molecule has 3 unspecified atom stereocenters. The second-order valence-corrected chi connectivity index (χ2v) is 10.3. The molecule has 1 saturated carbocycles. The van der Waals surface area contributed by atoms with Gasteiger partial charge in [0.1, 0.15) is 0 Å². The Morgan fingerprint density at radius 2 is 1.91 bits per heavy atom. The first-order chi connectivity index (χ1) is 15.5. The van der Waals surface area contributed by atoms with Crippen molar-refractivity contribution in [2.24, 2.45) is 17.3 Å². The van der Waals surface area contributed by atoms with Gasteiger partial charge in [0.15, 0.2) is 17.6 Å². The maximum Gasteiger partial charge on any atom is 0.303 e. The Balaban J connectivity index is 1.87. The summed E-state index contributed by atoms with van der Waals surface area (Å²) in [6, 6.07) is 5.86. The molecule has 1 saturated heterocycles. The summed E-state index contributed by atoms with van der Waals surface area (Å²) in [5, 5.41) is 10.7. The van der Waals surface area contributed by atoms with Crippen LogP contribution in [-0.4, -0.2) is 60.9 Å². The van der Waals surface area contributed by atoms with Gasteiger partial charge in [-0.1, -0.05) is 26.8 Å². The monoisotopic (exact) mass is 461 g/mol. The number of ether oxygens (including phenoxy) is 3. The number of nitrogens with zero attached hydrogens (tertiary/aromatic N) is 1. The standard InChI is InChI=1S/C26H39NO6/c1-16(2)11-24(33-18(4)29)25(30)27-13-21(26(5,15-27)17(3)28)20-9-10-22(31-6)23(12-20)32-14-19-7-8-19/h9-10,12,16-17,19,21,24,28H,7-8,11,13-15H2,1-6H3/t17?,21?,24-,26?/m0/s1. The molecule has 1 N–H and O–H groups in total. The highest BCUT2D eigenvalue weighted by Gasteiger charge is 2.49. The summed E-state index contributed by atoms with van der Waals surface area (Å²) in [5.74, 6) is 1.41. The molecule has 1 aliphatic carbocycles. The van der Waals surface area contributed by atoms with E-state index < -0.39 is 23.6 Å². The van der Waals surface area contributed by atoms with E-state index in [0.717, 1.165) is 5.56 Å². The van der Waals surface area contributed by atoms with Gasteiger partial charge >= 0.3 is 5.97 Å². The van der Waals surface area contributed by atoms with Crippen LogP contribution >= 0.6 is 0 Å². The number of likely N-dealkylation sites (tertiary alicyclic amines) is 1. The van der Waals surface area contributed by atoms with Crippen LogP contribution in [-0.2, 0) is 14.3 Å². The maximum absolute atomic E-state index is 13.4. The minimum Gasteiger partial charge on any atom is -0.493 e. The molecular weight excluding hydrogens is 422 g/mol. The Hall–Kier alpha value is -2.28. The molecule has 1 amide bonds. The Bertz CT molecular complexity index is 849.